The summed E-state index contributed by atoms with van der Waals surface area (Å²) in [5.74, 6) is 0.290. The molecular formula is C25H33N3O4. The van der Waals surface area contributed by atoms with E-state index < -0.39 is 0 Å². The molecule has 0 radical (unpaired) electrons. The molecule has 2 saturated heterocycles. The Bertz CT molecular complexity index is 951. The van der Waals surface area contributed by atoms with Gasteiger partial charge in [0, 0.05) is 24.8 Å². The molecule has 0 aliphatic carbocycles. The van der Waals surface area contributed by atoms with Crippen LogP contribution in [0.5, 0.6) is 5.75 Å². The van der Waals surface area contributed by atoms with Crippen LogP contribution in [0.25, 0.3) is 0 Å². The lowest BCUT2D eigenvalue weighted by Gasteiger charge is -2.33. The predicted octanol–water partition coefficient (Wildman–Crippen LogP) is 2.83. The molecule has 2 aromatic rings. The van der Waals surface area contributed by atoms with E-state index in [2.05, 4.69) is 4.90 Å². The van der Waals surface area contributed by atoms with Crippen LogP contribution < -0.4 is 10.2 Å². The van der Waals surface area contributed by atoms with Crippen LogP contribution >= 0.6 is 0 Å². The summed E-state index contributed by atoms with van der Waals surface area (Å²) in [7, 11) is 1.49. The lowest BCUT2D eigenvalue weighted by Crippen LogP contribution is -2.44. The molecule has 2 fully saturated rings. The quantitative estimate of drug-likeness (QED) is 0.693. The Labute approximate surface area is 189 Å². The van der Waals surface area contributed by atoms with Crippen molar-refractivity contribution in [1.82, 2.24) is 14.4 Å². The monoisotopic (exact) mass is 439 g/mol. The van der Waals surface area contributed by atoms with Gasteiger partial charge < -0.3 is 18.9 Å². The highest BCUT2D eigenvalue weighted by Crippen LogP contribution is 2.22. The first kappa shape index (κ1) is 22.6. The molecule has 1 aromatic carbocycles. The zero-order chi connectivity index (χ0) is 22.3. The Kier molecular flexibility index (Phi) is 7.60. The summed E-state index contributed by atoms with van der Waals surface area (Å²) in [6.45, 7) is 4.51. The predicted molar refractivity (Wildman–Crippen MR) is 123 cm³/mol. The van der Waals surface area contributed by atoms with Gasteiger partial charge in [-0.2, -0.15) is 0 Å². The number of pyridine rings is 1. The van der Waals surface area contributed by atoms with Crippen LogP contribution in [0, 0.1) is 0 Å². The highest BCUT2D eigenvalue weighted by molar-refractivity contribution is 5.76. The molecule has 1 atom stereocenters. The van der Waals surface area contributed by atoms with E-state index in [0.29, 0.717) is 26.2 Å². The molecule has 172 valence electrons. The van der Waals surface area contributed by atoms with E-state index in [1.165, 1.54) is 32.8 Å². The molecule has 7 heteroatoms. The maximum atomic E-state index is 13.2. The number of morpholine rings is 1. The highest BCUT2D eigenvalue weighted by atomic mass is 16.5. The van der Waals surface area contributed by atoms with Crippen LogP contribution in [0.2, 0.25) is 0 Å². The van der Waals surface area contributed by atoms with E-state index in [9.17, 15) is 9.59 Å². The van der Waals surface area contributed by atoms with E-state index >= 15 is 0 Å². The third-order valence-corrected chi connectivity index (χ3v) is 6.38. The van der Waals surface area contributed by atoms with Gasteiger partial charge in [0.25, 0.3) is 0 Å². The van der Waals surface area contributed by atoms with Crippen molar-refractivity contribution >= 4 is 5.91 Å². The zero-order valence-electron chi connectivity index (χ0n) is 18.9. The third-order valence-electron chi connectivity index (χ3n) is 6.38. The Balaban J connectivity index is 1.50. The van der Waals surface area contributed by atoms with Gasteiger partial charge in [0.05, 0.1) is 26.5 Å². The van der Waals surface area contributed by atoms with Crippen LogP contribution in [0.15, 0.2) is 47.4 Å². The van der Waals surface area contributed by atoms with Crippen LogP contribution in [-0.4, -0.2) is 60.2 Å². The third kappa shape index (κ3) is 5.58. The second-order valence-corrected chi connectivity index (χ2v) is 8.63. The molecule has 32 heavy (non-hydrogen) atoms. The van der Waals surface area contributed by atoms with Gasteiger partial charge >= 0.3 is 0 Å². The maximum Gasteiger partial charge on any atom is 0.242 e. The Morgan fingerprint density at radius 2 is 1.84 bits per heavy atom. The molecule has 1 aromatic heterocycles. The van der Waals surface area contributed by atoms with Crippen molar-refractivity contribution < 1.29 is 14.3 Å². The standard InChI is InChI=1S/C25H33N3O4/c1-31-24-18-28(21(15-22(24)29)16-26-11-7-2-3-8-12-26)19-25(30)27-13-14-32-23(17-27)20-9-5-4-6-10-20/h4-6,9-10,15,18,23H,2-3,7-8,11-14,16-17,19H2,1H3/t23-/m0/s1. The summed E-state index contributed by atoms with van der Waals surface area (Å²) in [6, 6.07) is 11.6. The van der Waals surface area contributed by atoms with Crippen LogP contribution in [0.3, 0.4) is 0 Å². The average Bonchev–Trinajstić information content (AvgIpc) is 3.10. The van der Waals surface area contributed by atoms with Gasteiger partial charge in [-0.05, 0) is 31.5 Å². The van der Waals surface area contributed by atoms with Gasteiger partial charge in [-0.15, -0.1) is 0 Å². The summed E-state index contributed by atoms with van der Waals surface area (Å²) in [6.07, 6.45) is 6.42. The van der Waals surface area contributed by atoms with Gasteiger partial charge in [0.2, 0.25) is 11.3 Å². The topological polar surface area (TPSA) is 64.0 Å². The fraction of sp³-hybridized carbons (Fsp3) is 0.520. The molecule has 0 spiro atoms. The zero-order valence-corrected chi connectivity index (χ0v) is 18.9. The summed E-state index contributed by atoms with van der Waals surface area (Å²) in [5.41, 5.74) is 1.80. The van der Waals surface area contributed by atoms with Crippen molar-refractivity contribution in [2.24, 2.45) is 0 Å². The van der Waals surface area contributed by atoms with E-state index in [-0.39, 0.29) is 29.7 Å². The van der Waals surface area contributed by atoms with Crippen molar-refractivity contribution in [3.63, 3.8) is 0 Å². The minimum absolute atomic E-state index is 0.0250. The number of ether oxygens (including phenoxy) is 2. The highest BCUT2D eigenvalue weighted by Gasteiger charge is 2.26. The minimum Gasteiger partial charge on any atom is -0.491 e. The molecule has 0 saturated carbocycles. The van der Waals surface area contributed by atoms with Gasteiger partial charge in [0.15, 0.2) is 5.75 Å². The SMILES string of the molecule is COc1cn(CC(=O)N2CCO[C@H](c3ccccc3)C2)c(CN2CCCCCC2)cc1=O. The maximum absolute atomic E-state index is 13.2. The Hall–Kier alpha value is -2.64. The summed E-state index contributed by atoms with van der Waals surface area (Å²) < 4.78 is 13.1. The van der Waals surface area contributed by atoms with Crippen LogP contribution in [0.1, 0.15) is 43.0 Å². The molecule has 2 aliphatic rings. The average molecular weight is 440 g/mol. The Morgan fingerprint density at radius 3 is 2.56 bits per heavy atom. The van der Waals surface area contributed by atoms with Gasteiger partial charge in [0.1, 0.15) is 12.6 Å². The fourth-order valence-electron chi connectivity index (χ4n) is 4.54. The van der Waals surface area contributed by atoms with Crippen molar-refractivity contribution in [1.29, 1.82) is 0 Å². The summed E-state index contributed by atoms with van der Waals surface area (Å²) in [5, 5.41) is 0. The smallest absolute Gasteiger partial charge is 0.242 e. The second-order valence-electron chi connectivity index (χ2n) is 8.63. The number of carbonyl (C=O) groups is 1. The lowest BCUT2D eigenvalue weighted by molar-refractivity contribution is -0.139. The second kappa shape index (κ2) is 10.8. The van der Waals surface area contributed by atoms with Crippen LogP contribution in [0.4, 0.5) is 0 Å². The summed E-state index contributed by atoms with van der Waals surface area (Å²) >= 11 is 0. The summed E-state index contributed by atoms with van der Waals surface area (Å²) in [4.78, 5) is 29.9. The van der Waals surface area contributed by atoms with Gasteiger partial charge in [-0.3, -0.25) is 14.5 Å². The number of carbonyl (C=O) groups excluding carboxylic acids is 1. The molecule has 4 rings (SSSR count). The number of rotatable bonds is 6. The first-order valence-electron chi connectivity index (χ1n) is 11.6. The number of aromatic nitrogens is 1. The number of nitrogens with zero attached hydrogens (tertiary/aromatic N) is 3. The van der Waals surface area contributed by atoms with Crippen molar-refractivity contribution in [2.45, 2.75) is 44.9 Å². The molecule has 0 N–H and O–H groups in total. The number of amides is 1. The lowest BCUT2D eigenvalue weighted by atomic mass is 10.1. The Morgan fingerprint density at radius 1 is 1.09 bits per heavy atom. The van der Waals surface area contributed by atoms with Gasteiger partial charge in [-0.1, -0.05) is 43.2 Å². The van der Waals surface area contributed by atoms with E-state index in [0.717, 1.165) is 24.3 Å². The molecule has 1 amide bonds. The minimum atomic E-state index is -0.142. The molecule has 0 unspecified atom stereocenters. The van der Waals surface area contributed by atoms with Gasteiger partial charge in [-0.25, -0.2) is 0 Å². The normalized spacial score (nSPS) is 20.0. The molecule has 3 heterocycles. The molecular weight excluding hydrogens is 406 g/mol. The molecule has 2 aliphatic heterocycles. The largest absolute Gasteiger partial charge is 0.491 e. The number of benzene rings is 1. The molecule has 0 bridgehead atoms. The van der Waals surface area contributed by atoms with Crippen molar-refractivity contribution in [2.75, 3.05) is 39.9 Å². The van der Waals surface area contributed by atoms with Crippen molar-refractivity contribution in [3.8, 4) is 5.75 Å². The fourth-order valence-corrected chi connectivity index (χ4v) is 4.54. The van der Waals surface area contributed by atoms with E-state index in [1.807, 2.05) is 39.8 Å². The number of hydrogen-bond donors (Lipinski definition) is 0. The first-order valence-corrected chi connectivity index (χ1v) is 11.6. The van der Waals surface area contributed by atoms with E-state index in [4.69, 9.17) is 9.47 Å². The molecule has 7 nitrogen and oxygen atoms in total. The number of likely N-dealkylation sites (tertiary alicyclic amines) is 1. The van der Waals surface area contributed by atoms with Crippen LogP contribution in [-0.2, 0) is 22.6 Å². The number of methoxy groups -OCH3 is 1. The van der Waals surface area contributed by atoms with Crippen molar-refractivity contribution in [3.05, 3.63) is 64.1 Å². The number of hydrogen-bond acceptors (Lipinski definition) is 5. The van der Waals surface area contributed by atoms with E-state index in [1.54, 1.807) is 12.3 Å². The first-order chi connectivity index (χ1) is 15.6.